The first-order valence-electron chi connectivity index (χ1n) is 4.92. The van der Waals surface area contributed by atoms with Gasteiger partial charge in [-0.3, -0.25) is 0 Å². The number of hydrogen-bond acceptors (Lipinski definition) is 2. The molecule has 0 fully saturated rings. The molecule has 0 bridgehead atoms. The molecule has 0 spiro atoms. The number of hydrogen-bond donors (Lipinski definition) is 2. The monoisotopic (exact) mass is 174 g/mol. The number of aliphatic hydroxyl groups is 2. The van der Waals surface area contributed by atoms with E-state index in [0.29, 0.717) is 25.0 Å². The standard InChI is InChI=1S/C10H22O2/c1-9(6-7-11)4-3-5-10(2)8-12/h9-12H,3-8H2,1-2H3/t9-,10-/m0/s1. The minimum atomic E-state index is 0.300. The van der Waals surface area contributed by atoms with E-state index in [-0.39, 0.29) is 0 Å². The largest absolute Gasteiger partial charge is 0.396 e. The molecule has 0 aromatic heterocycles. The molecule has 2 nitrogen and oxygen atoms in total. The van der Waals surface area contributed by atoms with Gasteiger partial charge in [-0.2, -0.15) is 0 Å². The summed E-state index contributed by atoms with van der Waals surface area (Å²) < 4.78 is 0. The molecule has 0 aliphatic rings. The zero-order valence-electron chi connectivity index (χ0n) is 8.29. The minimum Gasteiger partial charge on any atom is -0.396 e. The SMILES string of the molecule is C[C@H](CCO)CCC[C@H](C)CO. The van der Waals surface area contributed by atoms with Gasteiger partial charge in [0, 0.05) is 13.2 Å². The molecule has 0 saturated carbocycles. The van der Waals surface area contributed by atoms with Gasteiger partial charge in [0.05, 0.1) is 0 Å². The summed E-state index contributed by atoms with van der Waals surface area (Å²) >= 11 is 0. The van der Waals surface area contributed by atoms with Crippen LogP contribution in [-0.4, -0.2) is 23.4 Å². The smallest absolute Gasteiger partial charge is 0.0456 e. The summed E-state index contributed by atoms with van der Waals surface area (Å²) in [4.78, 5) is 0. The van der Waals surface area contributed by atoms with E-state index in [2.05, 4.69) is 13.8 Å². The van der Waals surface area contributed by atoms with E-state index < -0.39 is 0 Å². The maximum Gasteiger partial charge on any atom is 0.0456 e. The van der Waals surface area contributed by atoms with Gasteiger partial charge in [0.1, 0.15) is 0 Å². The van der Waals surface area contributed by atoms with Gasteiger partial charge < -0.3 is 10.2 Å². The van der Waals surface area contributed by atoms with Crippen molar-refractivity contribution < 1.29 is 10.2 Å². The van der Waals surface area contributed by atoms with E-state index in [1.54, 1.807) is 0 Å². The summed E-state index contributed by atoms with van der Waals surface area (Å²) in [5, 5.41) is 17.4. The van der Waals surface area contributed by atoms with Gasteiger partial charge in [0.15, 0.2) is 0 Å². The van der Waals surface area contributed by atoms with Crippen LogP contribution in [0, 0.1) is 11.8 Å². The van der Waals surface area contributed by atoms with Gasteiger partial charge in [-0.25, -0.2) is 0 Å². The third kappa shape index (κ3) is 6.62. The second kappa shape index (κ2) is 7.56. The van der Waals surface area contributed by atoms with Crippen molar-refractivity contribution in [2.45, 2.75) is 39.5 Å². The van der Waals surface area contributed by atoms with Crippen LogP contribution in [0.4, 0.5) is 0 Å². The second-order valence-electron chi connectivity index (χ2n) is 3.84. The lowest BCUT2D eigenvalue weighted by atomic mass is 9.97. The first kappa shape index (κ1) is 11.9. The summed E-state index contributed by atoms with van der Waals surface area (Å²) in [6.45, 7) is 4.83. The molecule has 74 valence electrons. The summed E-state index contributed by atoms with van der Waals surface area (Å²) in [5.41, 5.74) is 0. The average Bonchev–Trinajstić information content (AvgIpc) is 2.04. The van der Waals surface area contributed by atoms with Crippen LogP contribution >= 0.6 is 0 Å². The Bertz CT molecular complexity index is 93.8. The fourth-order valence-corrected chi connectivity index (χ4v) is 1.27. The summed E-state index contributed by atoms with van der Waals surface area (Å²) in [6.07, 6.45) is 4.35. The van der Waals surface area contributed by atoms with Gasteiger partial charge in [0.2, 0.25) is 0 Å². The Hall–Kier alpha value is -0.0800. The van der Waals surface area contributed by atoms with Crippen LogP contribution in [0.5, 0.6) is 0 Å². The molecule has 0 aromatic rings. The first-order chi connectivity index (χ1) is 5.70. The average molecular weight is 174 g/mol. The highest BCUT2D eigenvalue weighted by molar-refractivity contribution is 4.56. The van der Waals surface area contributed by atoms with Gasteiger partial charge in [0.25, 0.3) is 0 Å². The molecule has 0 radical (unpaired) electrons. The van der Waals surface area contributed by atoms with Crippen molar-refractivity contribution in [3.8, 4) is 0 Å². The van der Waals surface area contributed by atoms with Crippen LogP contribution in [0.25, 0.3) is 0 Å². The lowest BCUT2D eigenvalue weighted by Gasteiger charge is -2.11. The van der Waals surface area contributed by atoms with Gasteiger partial charge in [-0.05, 0) is 24.7 Å². The van der Waals surface area contributed by atoms with Crippen molar-refractivity contribution in [2.75, 3.05) is 13.2 Å². The molecule has 0 unspecified atom stereocenters. The number of rotatable bonds is 7. The van der Waals surface area contributed by atoms with Crippen molar-refractivity contribution in [3.05, 3.63) is 0 Å². The van der Waals surface area contributed by atoms with Crippen molar-refractivity contribution >= 4 is 0 Å². The van der Waals surface area contributed by atoms with E-state index in [1.807, 2.05) is 0 Å². The molecule has 12 heavy (non-hydrogen) atoms. The van der Waals surface area contributed by atoms with Crippen molar-refractivity contribution in [1.82, 2.24) is 0 Å². The summed E-state index contributed by atoms with van der Waals surface area (Å²) in [6, 6.07) is 0. The summed E-state index contributed by atoms with van der Waals surface area (Å²) in [5.74, 6) is 1.06. The molecule has 0 saturated heterocycles. The molecule has 0 aromatic carbocycles. The van der Waals surface area contributed by atoms with Crippen LogP contribution in [0.15, 0.2) is 0 Å². The van der Waals surface area contributed by atoms with Crippen molar-refractivity contribution in [3.63, 3.8) is 0 Å². The Kier molecular flexibility index (Phi) is 7.51. The number of aliphatic hydroxyl groups excluding tert-OH is 2. The zero-order valence-corrected chi connectivity index (χ0v) is 8.29. The highest BCUT2D eigenvalue weighted by Crippen LogP contribution is 2.14. The lowest BCUT2D eigenvalue weighted by Crippen LogP contribution is -2.03. The Labute approximate surface area is 75.6 Å². The van der Waals surface area contributed by atoms with Gasteiger partial charge in [-0.1, -0.05) is 26.7 Å². The Morgan fingerprint density at radius 3 is 2.00 bits per heavy atom. The van der Waals surface area contributed by atoms with E-state index in [0.717, 1.165) is 12.8 Å². The highest BCUT2D eigenvalue weighted by Gasteiger charge is 2.03. The lowest BCUT2D eigenvalue weighted by molar-refractivity contribution is 0.221. The highest BCUT2D eigenvalue weighted by atomic mass is 16.3. The second-order valence-corrected chi connectivity index (χ2v) is 3.84. The van der Waals surface area contributed by atoms with Crippen LogP contribution in [0.1, 0.15) is 39.5 Å². The van der Waals surface area contributed by atoms with E-state index >= 15 is 0 Å². The van der Waals surface area contributed by atoms with E-state index in [1.165, 1.54) is 12.8 Å². The van der Waals surface area contributed by atoms with Crippen LogP contribution in [0.3, 0.4) is 0 Å². The van der Waals surface area contributed by atoms with Gasteiger partial charge >= 0.3 is 0 Å². The molecule has 2 atom stereocenters. The van der Waals surface area contributed by atoms with Crippen LogP contribution < -0.4 is 0 Å². The fraction of sp³-hybridized carbons (Fsp3) is 1.00. The Morgan fingerprint density at radius 1 is 0.917 bits per heavy atom. The third-order valence-corrected chi connectivity index (χ3v) is 2.33. The molecule has 0 aliphatic carbocycles. The molecular formula is C10H22O2. The van der Waals surface area contributed by atoms with Crippen LogP contribution in [0.2, 0.25) is 0 Å². The summed E-state index contributed by atoms with van der Waals surface area (Å²) in [7, 11) is 0. The maximum atomic E-state index is 8.76. The van der Waals surface area contributed by atoms with Crippen molar-refractivity contribution in [2.24, 2.45) is 11.8 Å². The quantitative estimate of drug-likeness (QED) is 0.618. The van der Waals surface area contributed by atoms with E-state index in [4.69, 9.17) is 10.2 Å². The fourth-order valence-electron chi connectivity index (χ4n) is 1.27. The first-order valence-corrected chi connectivity index (χ1v) is 4.92. The Morgan fingerprint density at radius 2 is 1.50 bits per heavy atom. The maximum absolute atomic E-state index is 8.76. The van der Waals surface area contributed by atoms with E-state index in [9.17, 15) is 0 Å². The molecule has 0 rings (SSSR count). The normalized spacial score (nSPS) is 16.0. The molecule has 2 N–H and O–H groups in total. The third-order valence-electron chi connectivity index (χ3n) is 2.33. The zero-order chi connectivity index (χ0) is 9.40. The molecule has 0 heterocycles. The molecule has 0 amide bonds. The molecule has 0 aliphatic heterocycles. The van der Waals surface area contributed by atoms with Crippen molar-refractivity contribution in [1.29, 1.82) is 0 Å². The Balaban J connectivity index is 3.18. The minimum absolute atomic E-state index is 0.300. The predicted octanol–water partition coefficient (Wildman–Crippen LogP) is 1.80. The topological polar surface area (TPSA) is 40.5 Å². The predicted molar refractivity (Wildman–Crippen MR) is 51.0 cm³/mol. The van der Waals surface area contributed by atoms with Crippen LogP contribution in [-0.2, 0) is 0 Å². The molecular weight excluding hydrogens is 152 g/mol. The van der Waals surface area contributed by atoms with Gasteiger partial charge in [-0.15, -0.1) is 0 Å². The molecule has 2 heteroatoms.